The highest BCUT2D eigenvalue weighted by Crippen LogP contribution is 2.18. The van der Waals surface area contributed by atoms with E-state index in [0.29, 0.717) is 18.2 Å². The summed E-state index contributed by atoms with van der Waals surface area (Å²) in [5.41, 5.74) is 7.07. The number of carbonyl (C=O) groups is 1. The van der Waals surface area contributed by atoms with Gasteiger partial charge in [-0.25, -0.2) is 0 Å². The van der Waals surface area contributed by atoms with Gasteiger partial charge in [0.25, 0.3) is 0 Å². The van der Waals surface area contributed by atoms with Crippen molar-refractivity contribution in [3.63, 3.8) is 0 Å². The maximum atomic E-state index is 11.7. The zero-order valence-electron chi connectivity index (χ0n) is 10.9. The Bertz CT molecular complexity index is 420. The Kier molecular flexibility index (Phi) is 5.54. The second-order valence-electron chi connectivity index (χ2n) is 4.63. The van der Waals surface area contributed by atoms with Crippen molar-refractivity contribution < 1.29 is 9.53 Å². The Morgan fingerprint density at radius 3 is 3.16 bits per heavy atom. The van der Waals surface area contributed by atoms with Crippen molar-refractivity contribution in [1.29, 1.82) is 0 Å². The molecule has 0 bridgehead atoms. The van der Waals surface area contributed by atoms with Crippen LogP contribution < -0.4 is 11.1 Å². The van der Waals surface area contributed by atoms with Crippen LogP contribution in [0.1, 0.15) is 19.3 Å². The van der Waals surface area contributed by atoms with E-state index in [-0.39, 0.29) is 5.91 Å². The summed E-state index contributed by atoms with van der Waals surface area (Å²) in [7, 11) is 0. The van der Waals surface area contributed by atoms with E-state index in [9.17, 15) is 4.79 Å². The number of thioether (sulfide) groups is 1. The number of nitrogen functional groups attached to an aromatic ring is 1. The molecule has 104 valence electrons. The summed E-state index contributed by atoms with van der Waals surface area (Å²) in [6.07, 6.45) is 3.23. The third-order valence-electron chi connectivity index (χ3n) is 2.97. The highest BCUT2D eigenvalue weighted by atomic mass is 32.2. The normalized spacial score (nSPS) is 18.4. The minimum Gasteiger partial charge on any atom is -0.399 e. The summed E-state index contributed by atoms with van der Waals surface area (Å²) < 4.78 is 5.53. The first kappa shape index (κ1) is 14.2. The molecule has 1 aliphatic heterocycles. The first-order valence-corrected chi connectivity index (χ1v) is 7.74. The maximum Gasteiger partial charge on any atom is 0.225 e. The monoisotopic (exact) mass is 280 g/mol. The summed E-state index contributed by atoms with van der Waals surface area (Å²) >= 11 is 1.78. The Balaban J connectivity index is 1.61. The van der Waals surface area contributed by atoms with Crippen LogP contribution in [0.25, 0.3) is 0 Å². The highest BCUT2D eigenvalue weighted by Gasteiger charge is 2.15. The highest BCUT2D eigenvalue weighted by molar-refractivity contribution is 7.99. The molecule has 2 rings (SSSR count). The average molecular weight is 280 g/mol. The number of anilines is 2. The molecule has 1 amide bonds. The number of nitrogens with one attached hydrogen (secondary N) is 1. The van der Waals surface area contributed by atoms with Crippen molar-refractivity contribution in [2.24, 2.45) is 0 Å². The summed E-state index contributed by atoms with van der Waals surface area (Å²) in [6.45, 7) is 0.890. The van der Waals surface area contributed by atoms with Crippen LogP contribution in [0.5, 0.6) is 0 Å². The second kappa shape index (κ2) is 7.40. The first-order chi connectivity index (χ1) is 9.24. The molecule has 1 aromatic rings. The molecule has 1 fully saturated rings. The van der Waals surface area contributed by atoms with Crippen LogP contribution in [0, 0.1) is 0 Å². The molecule has 3 N–H and O–H groups in total. The van der Waals surface area contributed by atoms with Crippen molar-refractivity contribution >= 4 is 29.0 Å². The maximum absolute atomic E-state index is 11.7. The van der Waals surface area contributed by atoms with Crippen LogP contribution in [0.15, 0.2) is 24.3 Å². The molecule has 0 aromatic heterocycles. The fraction of sp³-hybridized carbons (Fsp3) is 0.500. The Hall–Kier alpha value is -1.20. The number of carbonyl (C=O) groups excluding carboxylic acids is 1. The van der Waals surface area contributed by atoms with Crippen LogP contribution in [-0.4, -0.2) is 30.1 Å². The Morgan fingerprint density at radius 2 is 2.42 bits per heavy atom. The SMILES string of the molecule is Nc1cccc(NC(=O)CCSCC2CCCO2)c1. The quantitative estimate of drug-likeness (QED) is 0.621. The summed E-state index contributed by atoms with van der Waals surface area (Å²) in [5.74, 6) is 1.85. The Morgan fingerprint density at radius 1 is 1.53 bits per heavy atom. The van der Waals surface area contributed by atoms with E-state index in [4.69, 9.17) is 10.5 Å². The zero-order valence-corrected chi connectivity index (χ0v) is 11.7. The molecule has 1 heterocycles. The summed E-state index contributed by atoms with van der Waals surface area (Å²) in [4.78, 5) is 11.7. The zero-order chi connectivity index (χ0) is 13.5. The third kappa shape index (κ3) is 5.12. The van der Waals surface area contributed by atoms with Gasteiger partial charge in [-0.3, -0.25) is 4.79 Å². The molecule has 1 aliphatic rings. The first-order valence-electron chi connectivity index (χ1n) is 6.59. The van der Waals surface area contributed by atoms with E-state index >= 15 is 0 Å². The van der Waals surface area contributed by atoms with Gasteiger partial charge in [0.2, 0.25) is 5.91 Å². The van der Waals surface area contributed by atoms with E-state index in [1.54, 1.807) is 23.9 Å². The van der Waals surface area contributed by atoms with E-state index < -0.39 is 0 Å². The standard InChI is InChI=1S/C14H20N2O2S/c15-11-3-1-4-12(9-11)16-14(17)6-8-19-10-13-5-2-7-18-13/h1,3-4,9,13H,2,5-8,10,15H2,(H,16,17). The Labute approximate surface area is 118 Å². The van der Waals surface area contributed by atoms with E-state index in [1.807, 2.05) is 12.1 Å². The molecule has 5 heteroatoms. The molecule has 0 radical (unpaired) electrons. The van der Waals surface area contributed by atoms with Gasteiger partial charge in [0, 0.05) is 35.9 Å². The lowest BCUT2D eigenvalue weighted by molar-refractivity contribution is -0.115. The second-order valence-corrected chi connectivity index (χ2v) is 5.78. The van der Waals surface area contributed by atoms with Gasteiger partial charge >= 0.3 is 0 Å². The molecule has 0 saturated carbocycles. The van der Waals surface area contributed by atoms with Crippen molar-refractivity contribution in [3.8, 4) is 0 Å². The molecule has 4 nitrogen and oxygen atoms in total. The molecule has 1 saturated heterocycles. The minimum absolute atomic E-state index is 0.0328. The van der Waals surface area contributed by atoms with E-state index in [0.717, 1.165) is 30.2 Å². The fourth-order valence-electron chi connectivity index (χ4n) is 2.00. The van der Waals surface area contributed by atoms with Crippen molar-refractivity contribution in [2.75, 3.05) is 29.2 Å². The number of nitrogens with two attached hydrogens (primary N) is 1. The topological polar surface area (TPSA) is 64.3 Å². The predicted molar refractivity (Wildman–Crippen MR) is 80.4 cm³/mol. The molecular formula is C14H20N2O2S. The number of hydrogen-bond donors (Lipinski definition) is 2. The molecule has 0 aliphatic carbocycles. The van der Waals surface area contributed by atoms with Crippen LogP contribution in [0.3, 0.4) is 0 Å². The lowest BCUT2D eigenvalue weighted by atomic mass is 10.3. The largest absolute Gasteiger partial charge is 0.399 e. The number of amides is 1. The lowest BCUT2D eigenvalue weighted by Crippen LogP contribution is -2.14. The smallest absolute Gasteiger partial charge is 0.225 e. The number of benzene rings is 1. The molecule has 1 atom stereocenters. The van der Waals surface area contributed by atoms with Gasteiger partial charge in [0.15, 0.2) is 0 Å². The van der Waals surface area contributed by atoms with E-state index in [1.165, 1.54) is 6.42 Å². The molecule has 19 heavy (non-hydrogen) atoms. The fourth-order valence-corrected chi connectivity index (χ4v) is 3.02. The van der Waals surface area contributed by atoms with Crippen LogP contribution in [0.4, 0.5) is 11.4 Å². The van der Waals surface area contributed by atoms with Gasteiger partial charge in [-0.15, -0.1) is 0 Å². The molecular weight excluding hydrogens is 260 g/mol. The van der Waals surface area contributed by atoms with Gasteiger partial charge in [0.1, 0.15) is 0 Å². The minimum atomic E-state index is 0.0328. The average Bonchev–Trinajstić information content (AvgIpc) is 2.88. The van der Waals surface area contributed by atoms with Crippen molar-refractivity contribution in [3.05, 3.63) is 24.3 Å². The molecule has 1 unspecified atom stereocenters. The van der Waals surface area contributed by atoms with Gasteiger partial charge in [-0.05, 0) is 31.0 Å². The van der Waals surface area contributed by atoms with Crippen LogP contribution >= 0.6 is 11.8 Å². The molecule has 1 aromatic carbocycles. The number of rotatable bonds is 6. The van der Waals surface area contributed by atoms with Crippen molar-refractivity contribution in [1.82, 2.24) is 0 Å². The van der Waals surface area contributed by atoms with Gasteiger partial charge in [-0.1, -0.05) is 6.07 Å². The van der Waals surface area contributed by atoms with E-state index in [2.05, 4.69) is 5.32 Å². The lowest BCUT2D eigenvalue weighted by Gasteiger charge is -2.09. The van der Waals surface area contributed by atoms with Crippen LogP contribution in [0.2, 0.25) is 0 Å². The number of ether oxygens (including phenoxy) is 1. The van der Waals surface area contributed by atoms with Crippen LogP contribution in [-0.2, 0) is 9.53 Å². The summed E-state index contributed by atoms with van der Waals surface area (Å²) in [5, 5.41) is 2.85. The predicted octanol–water partition coefficient (Wildman–Crippen LogP) is 2.51. The third-order valence-corrected chi connectivity index (χ3v) is 4.07. The molecule has 0 spiro atoms. The van der Waals surface area contributed by atoms with Gasteiger partial charge < -0.3 is 15.8 Å². The van der Waals surface area contributed by atoms with Gasteiger partial charge in [-0.2, -0.15) is 11.8 Å². The van der Waals surface area contributed by atoms with Crippen molar-refractivity contribution in [2.45, 2.75) is 25.4 Å². The van der Waals surface area contributed by atoms with Gasteiger partial charge in [0.05, 0.1) is 6.10 Å². The summed E-state index contributed by atoms with van der Waals surface area (Å²) in [6, 6.07) is 7.23. The number of hydrogen-bond acceptors (Lipinski definition) is 4.